The van der Waals surface area contributed by atoms with E-state index in [-0.39, 0.29) is 0 Å². The maximum Gasteiger partial charge on any atom is 0.160 e. The van der Waals surface area contributed by atoms with Crippen molar-refractivity contribution in [3.63, 3.8) is 0 Å². The summed E-state index contributed by atoms with van der Waals surface area (Å²) < 4.78 is 13.2. The van der Waals surface area contributed by atoms with E-state index in [0.717, 1.165) is 105 Å². The third-order valence-corrected chi connectivity index (χ3v) is 10.6. The highest BCUT2D eigenvalue weighted by Crippen LogP contribution is 2.44. The Bertz CT molecular complexity index is 3220. The molecule has 11 aromatic rings. The third kappa shape index (κ3) is 5.37. The Morgan fingerprint density at radius 1 is 0.339 bits per heavy atom. The molecule has 0 amide bonds. The summed E-state index contributed by atoms with van der Waals surface area (Å²) in [6.45, 7) is 0. The number of nitrogens with zero attached hydrogens (tertiary/aromatic N) is 3. The molecule has 0 aliphatic carbocycles. The largest absolute Gasteiger partial charge is 0.455 e. The molecule has 0 radical (unpaired) electrons. The molecule has 0 fully saturated rings. The molecule has 5 nitrogen and oxygen atoms in total. The van der Waals surface area contributed by atoms with Gasteiger partial charge in [-0.15, -0.1) is 0 Å². The first-order chi connectivity index (χ1) is 27.7. The summed E-state index contributed by atoms with van der Waals surface area (Å²) in [6, 6.07) is 62.4. The van der Waals surface area contributed by atoms with Crippen molar-refractivity contribution in [1.82, 2.24) is 15.0 Å². The Kier molecular flexibility index (Phi) is 7.42. The lowest BCUT2D eigenvalue weighted by Gasteiger charge is -2.11. The number of hydrogen-bond donors (Lipinski definition) is 0. The smallest absolute Gasteiger partial charge is 0.160 e. The van der Waals surface area contributed by atoms with Gasteiger partial charge in [0.15, 0.2) is 5.82 Å². The number of furan rings is 2. The molecular weight excluding hydrogens is 687 g/mol. The first-order valence-electron chi connectivity index (χ1n) is 18.7. The Morgan fingerprint density at radius 2 is 0.893 bits per heavy atom. The van der Waals surface area contributed by atoms with Crippen molar-refractivity contribution in [2.75, 3.05) is 0 Å². The Hall–Kier alpha value is -7.63. The standard InChI is InChI=1S/C51H31N3O2/c1-2-11-33(12-3-1)44-31-45(35-24-22-34(23-25-35)43-17-8-9-30-52-43)54-51(53-44)36-26-20-32(21-27-36)37-28-29-41(50-48(37)42-14-5-7-19-47(42)56-50)40-16-10-15-39-38-13-4-6-18-46(38)55-49(39)40/h1-31H. The van der Waals surface area contributed by atoms with Gasteiger partial charge in [0, 0.05) is 61.1 Å². The van der Waals surface area contributed by atoms with E-state index < -0.39 is 0 Å². The molecule has 4 aromatic heterocycles. The quantitative estimate of drug-likeness (QED) is 0.171. The molecule has 262 valence electrons. The summed E-state index contributed by atoms with van der Waals surface area (Å²) in [7, 11) is 0. The van der Waals surface area contributed by atoms with E-state index in [1.54, 1.807) is 0 Å². The number of rotatable bonds is 6. The molecule has 0 N–H and O–H groups in total. The van der Waals surface area contributed by atoms with Crippen LogP contribution in [0.5, 0.6) is 0 Å². The summed E-state index contributed by atoms with van der Waals surface area (Å²) >= 11 is 0. The lowest BCUT2D eigenvalue weighted by molar-refractivity contribution is 0.665. The number of hydrogen-bond acceptors (Lipinski definition) is 5. The van der Waals surface area contributed by atoms with Crippen LogP contribution in [0.2, 0.25) is 0 Å². The lowest BCUT2D eigenvalue weighted by Crippen LogP contribution is -1.96. The molecule has 0 aliphatic rings. The van der Waals surface area contributed by atoms with Gasteiger partial charge in [-0.2, -0.15) is 0 Å². The van der Waals surface area contributed by atoms with Crippen LogP contribution in [-0.2, 0) is 0 Å². The van der Waals surface area contributed by atoms with Gasteiger partial charge in [-0.1, -0.05) is 146 Å². The Balaban J connectivity index is 1.02. The fourth-order valence-electron chi connectivity index (χ4n) is 7.87. The predicted molar refractivity (Wildman–Crippen MR) is 227 cm³/mol. The van der Waals surface area contributed by atoms with Gasteiger partial charge in [-0.3, -0.25) is 4.98 Å². The molecule has 0 saturated carbocycles. The number of para-hydroxylation sites is 3. The highest BCUT2D eigenvalue weighted by atomic mass is 16.3. The topological polar surface area (TPSA) is 65.0 Å². The molecule has 0 bridgehead atoms. The summed E-state index contributed by atoms with van der Waals surface area (Å²) in [6.07, 6.45) is 1.82. The minimum absolute atomic E-state index is 0.662. The molecule has 0 saturated heterocycles. The van der Waals surface area contributed by atoms with Gasteiger partial charge >= 0.3 is 0 Å². The van der Waals surface area contributed by atoms with E-state index in [0.29, 0.717) is 5.82 Å². The van der Waals surface area contributed by atoms with Crippen molar-refractivity contribution < 1.29 is 8.83 Å². The van der Waals surface area contributed by atoms with E-state index in [2.05, 4.69) is 126 Å². The van der Waals surface area contributed by atoms with Crippen molar-refractivity contribution in [3.05, 3.63) is 188 Å². The highest BCUT2D eigenvalue weighted by molar-refractivity contribution is 6.18. The van der Waals surface area contributed by atoms with Gasteiger partial charge in [0.1, 0.15) is 22.3 Å². The first kappa shape index (κ1) is 31.9. The van der Waals surface area contributed by atoms with E-state index in [1.807, 2.05) is 66.9 Å². The molecule has 0 spiro atoms. The number of fused-ring (bicyclic) bond motifs is 6. The maximum absolute atomic E-state index is 6.69. The van der Waals surface area contributed by atoms with Gasteiger partial charge in [-0.05, 0) is 47.5 Å². The third-order valence-electron chi connectivity index (χ3n) is 10.6. The van der Waals surface area contributed by atoms with Crippen molar-refractivity contribution in [2.24, 2.45) is 0 Å². The molecular formula is C51H31N3O2. The minimum atomic E-state index is 0.662. The Labute approximate surface area is 322 Å². The second kappa shape index (κ2) is 13.0. The number of aromatic nitrogens is 3. The van der Waals surface area contributed by atoms with Crippen molar-refractivity contribution >= 4 is 43.9 Å². The average Bonchev–Trinajstić information content (AvgIpc) is 3.86. The number of benzene rings is 7. The summed E-state index contributed by atoms with van der Waals surface area (Å²) in [5.41, 5.74) is 14.2. The van der Waals surface area contributed by atoms with Crippen LogP contribution < -0.4 is 0 Å². The summed E-state index contributed by atoms with van der Waals surface area (Å²) in [5, 5.41) is 4.33. The van der Waals surface area contributed by atoms with Gasteiger partial charge in [0.2, 0.25) is 0 Å². The second-order valence-corrected chi connectivity index (χ2v) is 13.9. The van der Waals surface area contributed by atoms with Gasteiger partial charge in [0.25, 0.3) is 0 Å². The van der Waals surface area contributed by atoms with Gasteiger partial charge < -0.3 is 8.83 Å². The number of pyridine rings is 1. The molecule has 11 rings (SSSR count). The zero-order chi connectivity index (χ0) is 37.0. The fraction of sp³-hybridized carbons (Fsp3) is 0. The monoisotopic (exact) mass is 717 g/mol. The molecule has 0 aliphatic heterocycles. The van der Waals surface area contributed by atoms with Crippen LogP contribution in [0.25, 0.3) is 111 Å². The van der Waals surface area contributed by atoms with Gasteiger partial charge in [-0.25, -0.2) is 9.97 Å². The van der Waals surface area contributed by atoms with Crippen LogP contribution in [0, 0.1) is 0 Å². The maximum atomic E-state index is 6.69. The minimum Gasteiger partial charge on any atom is -0.455 e. The first-order valence-corrected chi connectivity index (χ1v) is 18.7. The van der Waals surface area contributed by atoms with Crippen molar-refractivity contribution in [1.29, 1.82) is 0 Å². The van der Waals surface area contributed by atoms with Crippen LogP contribution >= 0.6 is 0 Å². The molecule has 56 heavy (non-hydrogen) atoms. The molecule has 0 atom stereocenters. The Morgan fingerprint density at radius 3 is 1.64 bits per heavy atom. The normalized spacial score (nSPS) is 11.6. The van der Waals surface area contributed by atoms with E-state index >= 15 is 0 Å². The molecule has 5 heteroatoms. The van der Waals surface area contributed by atoms with E-state index in [4.69, 9.17) is 18.8 Å². The van der Waals surface area contributed by atoms with Crippen molar-refractivity contribution in [2.45, 2.75) is 0 Å². The van der Waals surface area contributed by atoms with Crippen LogP contribution in [0.15, 0.2) is 197 Å². The summed E-state index contributed by atoms with van der Waals surface area (Å²) in [4.78, 5) is 14.7. The molecule has 7 aromatic carbocycles. The fourth-order valence-corrected chi connectivity index (χ4v) is 7.87. The van der Waals surface area contributed by atoms with Crippen LogP contribution in [0.3, 0.4) is 0 Å². The predicted octanol–water partition coefficient (Wildman–Crippen LogP) is 13.7. The summed E-state index contributed by atoms with van der Waals surface area (Å²) in [5.74, 6) is 0.662. The SMILES string of the molecule is c1ccc(-c2cc(-c3ccc(-c4ccccn4)cc3)nc(-c3ccc(-c4ccc(-c5cccc6c5oc5ccccc56)c5oc6ccccc6c45)cc3)n2)cc1. The highest BCUT2D eigenvalue weighted by Gasteiger charge is 2.21. The van der Waals surface area contributed by atoms with E-state index in [1.165, 1.54) is 0 Å². The zero-order valence-corrected chi connectivity index (χ0v) is 30.1. The molecule has 0 unspecified atom stereocenters. The van der Waals surface area contributed by atoms with Crippen LogP contribution in [0.4, 0.5) is 0 Å². The lowest BCUT2D eigenvalue weighted by atomic mass is 9.93. The van der Waals surface area contributed by atoms with E-state index in [9.17, 15) is 0 Å². The zero-order valence-electron chi connectivity index (χ0n) is 30.1. The molecule has 4 heterocycles. The van der Waals surface area contributed by atoms with Crippen LogP contribution in [0.1, 0.15) is 0 Å². The second-order valence-electron chi connectivity index (χ2n) is 13.9. The van der Waals surface area contributed by atoms with Gasteiger partial charge in [0.05, 0.1) is 17.1 Å². The average molecular weight is 718 g/mol. The van der Waals surface area contributed by atoms with Crippen molar-refractivity contribution in [3.8, 4) is 67.4 Å². The van der Waals surface area contributed by atoms with Crippen LogP contribution in [-0.4, -0.2) is 15.0 Å².